The summed E-state index contributed by atoms with van der Waals surface area (Å²) in [7, 11) is 0. The SMILES string of the molecule is Cc1ccc(NC(=O)NCCOc2ccccc2F)cc1Br. The molecule has 0 aliphatic heterocycles. The van der Waals surface area contributed by atoms with E-state index >= 15 is 0 Å². The molecule has 0 unspecified atom stereocenters. The molecule has 0 saturated carbocycles. The van der Waals surface area contributed by atoms with Crippen molar-refractivity contribution >= 4 is 27.6 Å². The summed E-state index contributed by atoms with van der Waals surface area (Å²) < 4.78 is 19.5. The first kappa shape index (κ1) is 16.3. The lowest BCUT2D eigenvalue weighted by Crippen LogP contribution is -2.32. The van der Waals surface area contributed by atoms with Crippen molar-refractivity contribution in [2.45, 2.75) is 6.92 Å². The standard InChI is InChI=1S/C16H16BrFN2O2/c1-11-6-7-12(10-13(11)17)20-16(21)19-8-9-22-15-5-3-2-4-14(15)18/h2-7,10H,8-9H2,1H3,(H2,19,20,21). The molecule has 0 radical (unpaired) electrons. The molecule has 0 atom stereocenters. The third-order valence-corrected chi connectivity index (χ3v) is 3.77. The summed E-state index contributed by atoms with van der Waals surface area (Å²) in [5, 5.41) is 5.35. The highest BCUT2D eigenvalue weighted by Crippen LogP contribution is 2.20. The van der Waals surface area contributed by atoms with Crippen molar-refractivity contribution in [1.29, 1.82) is 0 Å². The molecule has 0 bridgehead atoms. The number of carbonyl (C=O) groups excluding carboxylic acids is 1. The monoisotopic (exact) mass is 366 g/mol. The molecule has 0 heterocycles. The number of aryl methyl sites for hydroxylation is 1. The predicted molar refractivity (Wildman–Crippen MR) is 87.8 cm³/mol. The lowest BCUT2D eigenvalue weighted by atomic mass is 10.2. The van der Waals surface area contributed by atoms with Gasteiger partial charge in [-0.2, -0.15) is 0 Å². The van der Waals surface area contributed by atoms with Gasteiger partial charge in [-0.1, -0.05) is 34.1 Å². The topological polar surface area (TPSA) is 50.4 Å². The van der Waals surface area contributed by atoms with E-state index in [0.717, 1.165) is 10.0 Å². The Labute approximate surface area is 136 Å². The summed E-state index contributed by atoms with van der Waals surface area (Å²) >= 11 is 3.41. The third kappa shape index (κ3) is 4.73. The summed E-state index contributed by atoms with van der Waals surface area (Å²) in [6, 6.07) is 11.3. The normalized spacial score (nSPS) is 10.1. The summed E-state index contributed by atoms with van der Waals surface area (Å²) in [5.41, 5.74) is 1.77. The second kappa shape index (κ2) is 7.79. The zero-order chi connectivity index (χ0) is 15.9. The number of hydrogen-bond acceptors (Lipinski definition) is 2. The quantitative estimate of drug-likeness (QED) is 0.782. The maximum atomic E-state index is 13.3. The molecule has 4 nitrogen and oxygen atoms in total. The fourth-order valence-corrected chi connectivity index (χ4v) is 2.11. The highest BCUT2D eigenvalue weighted by molar-refractivity contribution is 9.10. The number of nitrogens with one attached hydrogen (secondary N) is 2. The molecule has 6 heteroatoms. The summed E-state index contributed by atoms with van der Waals surface area (Å²) in [6.45, 7) is 2.42. The molecule has 22 heavy (non-hydrogen) atoms. The molecule has 0 fully saturated rings. The first-order chi connectivity index (χ1) is 10.6. The molecular weight excluding hydrogens is 351 g/mol. The van der Waals surface area contributed by atoms with Crippen LogP contribution in [0.5, 0.6) is 5.75 Å². The van der Waals surface area contributed by atoms with Crippen molar-refractivity contribution in [3.63, 3.8) is 0 Å². The van der Waals surface area contributed by atoms with Gasteiger partial charge in [-0.25, -0.2) is 9.18 Å². The fourth-order valence-electron chi connectivity index (χ4n) is 1.73. The number of benzene rings is 2. The highest BCUT2D eigenvalue weighted by Gasteiger charge is 2.04. The lowest BCUT2D eigenvalue weighted by Gasteiger charge is -2.10. The molecule has 0 aromatic heterocycles. The van der Waals surface area contributed by atoms with Crippen LogP contribution in [0.4, 0.5) is 14.9 Å². The van der Waals surface area contributed by atoms with Crippen molar-refractivity contribution in [2.75, 3.05) is 18.5 Å². The van der Waals surface area contributed by atoms with Gasteiger partial charge in [0.1, 0.15) is 6.61 Å². The molecule has 2 aromatic rings. The Bertz CT molecular complexity index is 664. The molecule has 0 saturated heterocycles. The Morgan fingerprint density at radius 2 is 2.05 bits per heavy atom. The van der Waals surface area contributed by atoms with Crippen LogP contribution in [0.3, 0.4) is 0 Å². The molecule has 0 spiro atoms. The molecule has 0 aliphatic rings. The molecular formula is C16H16BrFN2O2. The third-order valence-electron chi connectivity index (χ3n) is 2.91. The van der Waals surface area contributed by atoms with E-state index in [1.54, 1.807) is 18.2 Å². The average molecular weight is 367 g/mol. The van der Waals surface area contributed by atoms with E-state index in [4.69, 9.17) is 4.74 Å². The van der Waals surface area contributed by atoms with Crippen LogP contribution in [-0.4, -0.2) is 19.2 Å². The maximum Gasteiger partial charge on any atom is 0.319 e. The van der Waals surface area contributed by atoms with Gasteiger partial charge in [-0.15, -0.1) is 0 Å². The maximum absolute atomic E-state index is 13.3. The second-order valence-electron chi connectivity index (χ2n) is 4.62. The largest absolute Gasteiger partial charge is 0.489 e. The smallest absolute Gasteiger partial charge is 0.319 e. The first-order valence-corrected chi connectivity index (χ1v) is 7.54. The number of rotatable bonds is 5. The van der Waals surface area contributed by atoms with Gasteiger partial charge >= 0.3 is 6.03 Å². The first-order valence-electron chi connectivity index (χ1n) is 6.74. The Morgan fingerprint density at radius 1 is 1.27 bits per heavy atom. The van der Waals surface area contributed by atoms with E-state index in [1.165, 1.54) is 6.07 Å². The number of para-hydroxylation sites is 1. The predicted octanol–water partition coefficient (Wildman–Crippen LogP) is 4.10. The van der Waals surface area contributed by atoms with Crippen LogP contribution in [0.1, 0.15) is 5.56 Å². The summed E-state index contributed by atoms with van der Waals surface area (Å²) in [6.07, 6.45) is 0. The van der Waals surface area contributed by atoms with E-state index in [-0.39, 0.29) is 24.9 Å². The second-order valence-corrected chi connectivity index (χ2v) is 5.48. The summed E-state index contributed by atoms with van der Waals surface area (Å²) in [5.74, 6) is -0.247. The molecule has 2 N–H and O–H groups in total. The lowest BCUT2D eigenvalue weighted by molar-refractivity contribution is 0.246. The number of urea groups is 1. The minimum Gasteiger partial charge on any atom is -0.489 e. The van der Waals surface area contributed by atoms with E-state index in [1.807, 2.05) is 25.1 Å². The minimum absolute atomic E-state index is 0.173. The van der Waals surface area contributed by atoms with E-state index in [0.29, 0.717) is 5.69 Å². The van der Waals surface area contributed by atoms with Crippen molar-refractivity contribution in [1.82, 2.24) is 5.32 Å². The van der Waals surface area contributed by atoms with Crippen molar-refractivity contribution < 1.29 is 13.9 Å². The number of hydrogen-bond donors (Lipinski definition) is 2. The van der Waals surface area contributed by atoms with Gasteiger partial charge in [0, 0.05) is 10.2 Å². The number of carbonyl (C=O) groups is 1. The van der Waals surface area contributed by atoms with Crippen molar-refractivity contribution in [3.05, 3.63) is 58.3 Å². The molecule has 2 amide bonds. The van der Waals surface area contributed by atoms with Crippen LogP contribution >= 0.6 is 15.9 Å². The van der Waals surface area contributed by atoms with Crippen molar-refractivity contribution in [2.24, 2.45) is 0 Å². The van der Waals surface area contributed by atoms with Crippen LogP contribution in [0.15, 0.2) is 46.9 Å². The molecule has 2 aromatic carbocycles. The van der Waals surface area contributed by atoms with Crippen LogP contribution in [0.2, 0.25) is 0 Å². The molecule has 2 rings (SSSR count). The van der Waals surface area contributed by atoms with Gasteiger partial charge in [-0.05, 0) is 36.8 Å². The fraction of sp³-hybridized carbons (Fsp3) is 0.188. The Kier molecular flexibility index (Phi) is 5.77. The number of anilines is 1. The van der Waals surface area contributed by atoms with Crippen LogP contribution in [0.25, 0.3) is 0 Å². The molecule has 0 aliphatic carbocycles. The van der Waals surface area contributed by atoms with E-state index in [2.05, 4.69) is 26.6 Å². The zero-order valence-electron chi connectivity index (χ0n) is 12.0. The van der Waals surface area contributed by atoms with Gasteiger partial charge in [-0.3, -0.25) is 0 Å². The average Bonchev–Trinajstić information content (AvgIpc) is 2.49. The van der Waals surface area contributed by atoms with E-state index < -0.39 is 5.82 Å². The van der Waals surface area contributed by atoms with Gasteiger partial charge in [0.15, 0.2) is 11.6 Å². The van der Waals surface area contributed by atoms with Crippen LogP contribution in [-0.2, 0) is 0 Å². The Morgan fingerprint density at radius 3 is 2.77 bits per heavy atom. The zero-order valence-corrected chi connectivity index (χ0v) is 13.6. The van der Waals surface area contributed by atoms with Crippen LogP contribution < -0.4 is 15.4 Å². The molecule has 116 valence electrons. The number of amides is 2. The van der Waals surface area contributed by atoms with Gasteiger partial charge in [0.05, 0.1) is 6.54 Å². The highest BCUT2D eigenvalue weighted by atomic mass is 79.9. The van der Waals surface area contributed by atoms with Crippen LogP contribution in [0, 0.1) is 12.7 Å². The Hall–Kier alpha value is -2.08. The van der Waals surface area contributed by atoms with Gasteiger partial charge in [0.2, 0.25) is 0 Å². The van der Waals surface area contributed by atoms with E-state index in [9.17, 15) is 9.18 Å². The van der Waals surface area contributed by atoms with Gasteiger partial charge in [0.25, 0.3) is 0 Å². The van der Waals surface area contributed by atoms with Gasteiger partial charge < -0.3 is 15.4 Å². The Balaban J connectivity index is 1.74. The number of ether oxygens (including phenoxy) is 1. The summed E-state index contributed by atoms with van der Waals surface area (Å²) in [4.78, 5) is 11.7. The minimum atomic E-state index is -0.420. The number of halogens is 2. The van der Waals surface area contributed by atoms with Crippen molar-refractivity contribution in [3.8, 4) is 5.75 Å².